The molecule has 0 spiro atoms. The van der Waals surface area contributed by atoms with E-state index in [1.165, 1.54) is 6.07 Å². The van der Waals surface area contributed by atoms with Crippen molar-refractivity contribution in [2.45, 2.75) is 32.3 Å². The summed E-state index contributed by atoms with van der Waals surface area (Å²) in [6.45, 7) is 3.21. The molecule has 2 N–H and O–H groups in total. The summed E-state index contributed by atoms with van der Waals surface area (Å²) in [5.41, 5.74) is 4.08. The summed E-state index contributed by atoms with van der Waals surface area (Å²) < 4.78 is 30.5. The molecule has 4 nitrogen and oxygen atoms in total. The van der Waals surface area contributed by atoms with Crippen molar-refractivity contribution < 1.29 is 23.1 Å². The van der Waals surface area contributed by atoms with Crippen LogP contribution < -0.4 is 5.73 Å². The number of primary amides is 1. The van der Waals surface area contributed by atoms with Gasteiger partial charge < -0.3 is 10.5 Å². The number of rotatable bonds is 5. The molecule has 1 aromatic carbocycles. The Bertz CT molecular complexity index is 501. The Kier molecular flexibility index (Phi) is 4.58. The normalized spacial score (nSPS) is 11.2. The fourth-order valence-electron chi connectivity index (χ4n) is 1.55. The van der Waals surface area contributed by atoms with E-state index >= 15 is 0 Å². The van der Waals surface area contributed by atoms with Gasteiger partial charge in [-0.3, -0.25) is 4.79 Å². The zero-order chi connectivity index (χ0) is 14.6. The molecule has 0 unspecified atom stereocenters. The minimum absolute atomic E-state index is 0.0331. The number of halogens is 2. The van der Waals surface area contributed by atoms with Crippen LogP contribution in [0.2, 0.25) is 0 Å². The Morgan fingerprint density at radius 3 is 2.42 bits per heavy atom. The van der Waals surface area contributed by atoms with Gasteiger partial charge in [0.05, 0.1) is 0 Å². The SMILES string of the molecule is CC(C)(CCC(=O)c1ccc(F)c(F)c1)OC(N)=O. The van der Waals surface area contributed by atoms with Gasteiger partial charge in [-0.1, -0.05) is 0 Å². The molecule has 0 heterocycles. The average molecular weight is 271 g/mol. The number of amides is 1. The van der Waals surface area contributed by atoms with Gasteiger partial charge in [0.2, 0.25) is 0 Å². The lowest BCUT2D eigenvalue weighted by Gasteiger charge is -2.23. The van der Waals surface area contributed by atoms with Gasteiger partial charge in [-0.25, -0.2) is 13.6 Å². The monoisotopic (exact) mass is 271 g/mol. The molecule has 0 radical (unpaired) electrons. The second kappa shape index (κ2) is 5.77. The summed E-state index contributed by atoms with van der Waals surface area (Å²) in [6, 6.07) is 2.95. The summed E-state index contributed by atoms with van der Waals surface area (Å²) in [5, 5.41) is 0. The van der Waals surface area contributed by atoms with Crippen LogP contribution in [0.15, 0.2) is 18.2 Å². The molecule has 0 aliphatic rings. The number of nitrogens with two attached hydrogens (primary N) is 1. The molecule has 104 valence electrons. The quantitative estimate of drug-likeness (QED) is 0.837. The maximum atomic E-state index is 13.0. The Morgan fingerprint density at radius 2 is 1.89 bits per heavy atom. The summed E-state index contributed by atoms with van der Waals surface area (Å²) >= 11 is 0. The fourth-order valence-corrected chi connectivity index (χ4v) is 1.55. The first kappa shape index (κ1) is 15.1. The van der Waals surface area contributed by atoms with Crippen LogP contribution in [-0.2, 0) is 4.74 Å². The van der Waals surface area contributed by atoms with E-state index in [2.05, 4.69) is 0 Å². The van der Waals surface area contributed by atoms with Gasteiger partial charge in [-0.05, 0) is 38.5 Å². The highest BCUT2D eigenvalue weighted by Gasteiger charge is 2.23. The van der Waals surface area contributed by atoms with Crippen molar-refractivity contribution in [1.82, 2.24) is 0 Å². The van der Waals surface area contributed by atoms with E-state index in [4.69, 9.17) is 10.5 Å². The Labute approximate surface area is 109 Å². The third-order valence-corrected chi connectivity index (χ3v) is 2.57. The topological polar surface area (TPSA) is 69.4 Å². The van der Waals surface area contributed by atoms with Crippen molar-refractivity contribution >= 4 is 11.9 Å². The first-order valence-electron chi connectivity index (χ1n) is 5.68. The van der Waals surface area contributed by atoms with E-state index in [9.17, 15) is 18.4 Å². The van der Waals surface area contributed by atoms with Crippen molar-refractivity contribution in [3.05, 3.63) is 35.4 Å². The van der Waals surface area contributed by atoms with Crippen molar-refractivity contribution in [3.8, 4) is 0 Å². The van der Waals surface area contributed by atoms with Crippen LogP contribution >= 0.6 is 0 Å². The molecule has 1 aromatic rings. The Hall–Kier alpha value is -1.98. The molecular weight excluding hydrogens is 256 g/mol. The third kappa shape index (κ3) is 4.65. The van der Waals surface area contributed by atoms with Gasteiger partial charge in [0.15, 0.2) is 17.4 Å². The molecule has 19 heavy (non-hydrogen) atoms. The maximum Gasteiger partial charge on any atom is 0.405 e. The van der Waals surface area contributed by atoms with Crippen LogP contribution in [0.5, 0.6) is 0 Å². The smallest absolute Gasteiger partial charge is 0.405 e. The molecule has 1 amide bonds. The lowest BCUT2D eigenvalue weighted by molar-refractivity contribution is 0.0366. The van der Waals surface area contributed by atoms with E-state index in [0.717, 1.165) is 12.1 Å². The third-order valence-electron chi connectivity index (χ3n) is 2.57. The van der Waals surface area contributed by atoms with Gasteiger partial charge in [0.1, 0.15) is 5.60 Å². The molecule has 0 atom stereocenters. The van der Waals surface area contributed by atoms with E-state index in [1.54, 1.807) is 13.8 Å². The summed E-state index contributed by atoms with van der Waals surface area (Å²) in [4.78, 5) is 22.4. The van der Waals surface area contributed by atoms with Crippen molar-refractivity contribution in [2.75, 3.05) is 0 Å². The maximum absolute atomic E-state index is 13.0. The highest BCUT2D eigenvalue weighted by atomic mass is 19.2. The minimum Gasteiger partial charge on any atom is -0.444 e. The molecular formula is C13H15F2NO3. The van der Waals surface area contributed by atoms with Gasteiger partial charge in [-0.15, -0.1) is 0 Å². The first-order chi connectivity index (χ1) is 8.71. The van der Waals surface area contributed by atoms with Gasteiger partial charge in [0.25, 0.3) is 0 Å². The van der Waals surface area contributed by atoms with Crippen molar-refractivity contribution in [1.29, 1.82) is 0 Å². The number of Topliss-reactive ketones (excluding diaryl/α,β-unsaturated/α-hetero) is 1. The first-order valence-corrected chi connectivity index (χ1v) is 5.68. The summed E-state index contributed by atoms with van der Waals surface area (Å²) in [6.07, 6.45) is -0.663. The lowest BCUT2D eigenvalue weighted by atomic mass is 9.97. The minimum atomic E-state index is -1.07. The lowest BCUT2D eigenvalue weighted by Crippen LogP contribution is -2.31. The fraction of sp³-hybridized carbons (Fsp3) is 0.385. The molecule has 0 fully saturated rings. The molecule has 0 aromatic heterocycles. The molecule has 0 aliphatic heterocycles. The molecule has 0 aliphatic carbocycles. The number of benzene rings is 1. The van der Waals surface area contributed by atoms with Gasteiger partial charge in [0, 0.05) is 12.0 Å². The van der Waals surface area contributed by atoms with Crippen molar-refractivity contribution in [3.63, 3.8) is 0 Å². The Balaban J connectivity index is 2.65. The highest BCUT2D eigenvalue weighted by molar-refractivity contribution is 5.96. The van der Waals surface area contributed by atoms with Crippen LogP contribution in [-0.4, -0.2) is 17.5 Å². The van der Waals surface area contributed by atoms with Crippen LogP contribution in [0, 0.1) is 11.6 Å². The van der Waals surface area contributed by atoms with E-state index < -0.39 is 23.3 Å². The standard InChI is InChI=1S/C13H15F2NO3/c1-13(2,19-12(16)18)6-5-11(17)8-3-4-9(14)10(15)7-8/h3-4,7H,5-6H2,1-2H3,(H2,16,18). The average Bonchev–Trinajstić information content (AvgIpc) is 2.28. The zero-order valence-corrected chi connectivity index (χ0v) is 10.7. The number of ketones is 1. The molecule has 0 bridgehead atoms. The second-order valence-electron chi connectivity index (χ2n) is 4.73. The molecule has 0 saturated carbocycles. The van der Waals surface area contributed by atoms with Crippen molar-refractivity contribution in [2.24, 2.45) is 5.73 Å². The summed E-state index contributed by atoms with van der Waals surface area (Å²) in [5.74, 6) is -2.44. The molecule has 1 rings (SSSR count). The predicted molar refractivity (Wildman–Crippen MR) is 64.7 cm³/mol. The Morgan fingerprint density at radius 1 is 1.26 bits per heavy atom. The van der Waals surface area contributed by atoms with Crippen LogP contribution in [0.3, 0.4) is 0 Å². The molecule has 0 saturated heterocycles. The van der Waals surface area contributed by atoms with Crippen LogP contribution in [0.1, 0.15) is 37.0 Å². The number of carbonyl (C=O) groups excluding carboxylic acids is 2. The van der Waals surface area contributed by atoms with Crippen LogP contribution in [0.4, 0.5) is 13.6 Å². The van der Waals surface area contributed by atoms with E-state index in [1.807, 2.05) is 0 Å². The van der Waals surface area contributed by atoms with Gasteiger partial charge >= 0.3 is 6.09 Å². The van der Waals surface area contributed by atoms with Crippen LogP contribution in [0.25, 0.3) is 0 Å². The summed E-state index contributed by atoms with van der Waals surface area (Å²) in [7, 11) is 0. The zero-order valence-electron chi connectivity index (χ0n) is 10.7. The largest absolute Gasteiger partial charge is 0.444 e. The van der Waals surface area contributed by atoms with E-state index in [-0.39, 0.29) is 24.2 Å². The number of hydrogen-bond acceptors (Lipinski definition) is 3. The second-order valence-corrected chi connectivity index (χ2v) is 4.73. The molecule has 6 heteroatoms. The van der Waals surface area contributed by atoms with E-state index in [0.29, 0.717) is 0 Å². The highest BCUT2D eigenvalue weighted by Crippen LogP contribution is 2.19. The predicted octanol–water partition coefficient (Wildman–Crippen LogP) is 2.80. The number of hydrogen-bond donors (Lipinski definition) is 1. The number of ether oxygens (including phenoxy) is 1. The number of carbonyl (C=O) groups is 2. The van der Waals surface area contributed by atoms with Gasteiger partial charge in [-0.2, -0.15) is 0 Å².